The van der Waals surface area contributed by atoms with Gasteiger partial charge in [0, 0.05) is 7.11 Å². The molecule has 0 fully saturated rings. The summed E-state index contributed by atoms with van der Waals surface area (Å²) in [5.74, 6) is 0. The van der Waals surface area contributed by atoms with E-state index in [1.807, 2.05) is 6.92 Å². The molecule has 0 heterocycles. The average molecular weight is 176 g/mol. The van der Waals surface area contributed by atoms with E-state index in [1.165, 1.54) is 12.8 Å². The summed E-state index contributed by atoms with van der Waals surface area (Å²) in [5.41, 5.74) is 0.789. The van der Waals surface area contributed by atoms with Crippen molar-refractivity contribution >= 4 is 9.76 Å². The van der Waals surface area contributed by atoms with Crippen LogP contribution in [0.3, 0.4) is 0 Å². The minimum Gasteiger partial charge on any atom is -0.400 e. The van der Waals surface area contributed by atoms with Crippen molar-refractivity contribution in [3.63, 3.8) is 0 Å². The largest absolute Gasteiger partial charge is 0.400 e. The zero-order valence-corrected chi connectivity index (χ0v) is 9.51. The van der Waals surface area contributed by atoms with Crippen LogP contribution in [0.4, 0.5) is 0 Å². The molecule has 0 aliphatic carbocycles. The van der Waals surface area contributed by atoms with Crippen LogP contribution in [0.2, 0.25) is 5.54 Å². The summed E-state index contributed by atoms with van der Waals surface area (Å²) in [4.78, 5) is 0. The quantitative estimate of drug-likeness (QED) is 0.453. The summed E-state index contributed by atoms with van der Waals surface area (Å²) in [6.07, 6.45) is 2.56. The predicted molar refractivity (Wildman–Crippen MR) is 50.4 cm³/mol. The van der Waals surface area contributed by atoms with Gasteiger partial charge in [-0.2, -0.15) is 0 Å². The zero-order valence-electron chi connectivity index (χ0n) is 8.09. The minimum absolute atomic E-state index is 0.000901. The second-order valence-electron chi connectivity index (χ2n) is 3.03. The van der Waals surface area contributed by atoms with E-state index in [2.05, 4.69) is 13.8 Å². The van der Waals surface area contributed by atoms with Gasteiger partial charge in [-0.3, -0.25) is 0 Å². The summed E-state index contributed by atoms with van der Waals surface area (Å²) in [5, 5.41) is 0. The molecule has 0 amide bonds. The first-order valence-corrected chi connectivity index (χ1v) is 5.74. The third-order valence-electron chi connectivity index (χ3n) is 1.73. The molecule has 2 atom stereocenters. The summed E-state index contributed by atoms with van der Waals surface area (Å²) < 4.78 is 10.5. The lowest BCUT2D eigenvalue weighted by atomic mass is 10.3. The fraction of sp³-hybridized carbons (Fsp3) is 1.00. The molecule has 0 aromatic heterocycles. The highest BCUT2D eigenvalue weighted by molar-refractivity contribution is 6.29. The smallest absolute Gasteiger partial charge is 0.167 e. The highest BCUT2D eigenvalue weighted by Crippen LogP contribution is 2.10. The van der Waals surface area contributed by atoms with E-state index in [-0.39, 0.29) is 16.1 Å². The molecule has 0 spiro atoms. The van der Waals surface area contributed by atoms with Gasteiger partial charge in [-0.25, -0.2) is 0 Å². The molecule has 0 aromatic carbocycles. The van der Waals surface area contributed by atoms with Gasteiger partial charge in [0.05, 0.1) is 0 Å². The Morgan fingerprint density at radius 1 is 1.36 bits per heavy atom. The number of hydrogen-bond donors (Lipinski definition) is 0. The molecular weight excluding hydrogens is 156 g/mol. The Morgan fingerprint density at radius 3 is 2.45 bits per heavy atom. The normalized spacial score (nSPS) is 17.5. The first-order chi connectivity index (χ1) is 5.20. The van der Waals surface area contributed by atoms with Crippen LogP contribution >= 0.6 is 0 Å². The fourth-order valence-electron chi connectivity index (χ4n) is 0.944. The van der Waals surface area contributed by atoms with Gasteiger partial charge >= 0.3 is 0 Å². The fourth-order valence-corrected chi connectivity index (χ4v) is 2.25. The van der Waals surface area contributed by atoms with Crippen molar-refractivity contribution < 1.29 is 9.16 Å². The van der Waals surface area contributed by atoms with Gasteiger partial charge in [0.15, 0.2) is 9.76 Å². The zero-order chi connectivity index (χ0) is 8.69. The van der Waals surface area contributed by atoms with Gasteiger partial charge in [-0.05, 0) is 12.5 Å². The van der Waals surface area contributed by atoms with E-state index in [0.29, 0.717) is 0 Å². The summed E-state index contributed by atoms with van der Waals surface area (Å²) >= 11 is 0. The summed E-state index contributed by atoms with van der Waals surface area (Å²) in [7, 11) is 1.33. The lowest BCUT2D eigenvalue weighted by molar-refractivity contribution is -0.0380. The third-order valence-corrected chi connectivity index (χ3v) is 3.37. The van der Waals surface area contributed by atoms with Gasteiger partial charge in [-0.15, -0.1) is 0 Å². The maximum atomic E-state index is 5.52. The van der Waals surface area contributed by atoms with Gasteiger partial charge < -0.3 is 9.16 Å². The van der Waals surface area contributed by atoms with Crippen molar-refractivity contribution in [2.24, 2.45) is 0 Å². The average Bonchev–Trinajstić information content (AvgIpc) is 2.01. The topological polar surface area (TPSA) is 18.5 Å². The summed E-state index contributed by atoms with van der Waals surface area (Å²) in [6.45, 7) is 6.43. The van der Waals surface area contributed by atoms with E-state index in [4.69, 9.17) is 9.16 Å². The highest BCUT2D eigenvalue weighted by Gasteiger charge is 2.04. The Balaban J connectivity index is 3.22. The van der Waals surface area contributed by atoms with E-state index in [1.54, 1.807) is 7.11 Å². The number of methoxy groups -OCH3 is 1. The Kier molecular flexibility index (Phi) is 6.91. The Morgan fingerprint density at radius 2 is 2.00 bits per heavy atom. The van der Waals surface area contributed by atoms with E-state index in [0.717, 1.165) is 5.54 Å². The molecule has 2 nitrogen and oxygen atoms in total. The van der Waals surface area contributed by atoms with Crippen LogP contribution in [0, 0.1) is 0 Å². The molecule has 0 radical (unpaired) electrons. The molecule has 0 bridgehead atoms. The van der Waals surface area contributed by atoms with Gasteiger partial charge in [0.25, 0.3) is 0 Å². The molecule has 0 aromatic rings. The molecule has 0 aliphatic rings. The number of ether oxygens (including phenoxy) is 1. The Labute approximate surface area is 72.2 Å². The van der Waals surface area contributed by atoms with Crippen LogP contribution in [0.1, 0.15) is 33.6 Å². The molecule has 0 N–H and O–H groups in total. The maximum absolute atomic E-state index is 5.52. The second-order valence-corrected chi connectivity index (χ2v) is 5.09. The van der Waals surface area contributed by atoms with Crippen LogP contribution < -0.4 is 0 Å². The lowest BCUT2D eigenvalue weighted by Gasteiger charge is -2.14. The van der Waals surface area contributed by atoms with Gasteiger partial charge in [0.2, 0.25) is 0 Å². The molecule has 0 saturated carbocycles. The van der Waals surface area contributed by atoms with Gasteiger partial charge in [-0.1, -0.05) is 26.7 Å². The molecule has 3 heteroatoms. The lowest BCUT2D eigenvalue weighted by Crippen LogP contribution is -2.16. The number of hydrogen-bond acceptors (Lipinski definition) is 2. The SMILES string of the molecule is CCCC(C)[SiH2]OC(C)OC. The monoisotopic (exact) mass is 176 g/mol. The highest BCUT2D eigenvalue weighted by atomic mass is 28.2. The van der Waals surface area contributed by atoms with Crippen LogP contribution in [0.15, 0.2) is 0 Å². The van der Waals surface area contributed by atoms with Crippen molar-refractivity contribution in [3.8, 4) is 0 Å². The predicted octanol–water partition coefficient (Wildman–Crippen LogP) is 1.69. The maximum Gasteiger partial charge on any atom is 0.167 e. The van der Waals surface area contributed by atoms with E-state index < -0.39 is 0 Å². The molecule has 0 aliphatic heterocycles. The van der Waals surface area contributed by atoms with E-state index >= 15 is 0 Å². The van der Waals surface area contributed by atoms with Gasteiger partial charge in [0.1, 0.15) is 6.29 Å². The first kappa shape index (κ1) is 11.1. The second kappa shape index (κ2) is 6.82. The standard InChI is InChI=1S/C8H20O2Si/c1-5-6-7(2)11-10-8(3)9-4/h7-8H,5-6,11H2,1-4H3. The summed E-state index contributed by atoms with van der Waals surface area (Å²) in [6, 6.07) is 0. The molecular formula is C8H20O2Si. The van der Waals surface area contributed by atoms with Crippen molar-refractivity contribution in [3.05, 3.63) is 0 Å². The Hall–Kier alpha value is 0.137. The third kappa shape index (κ3) is 6.53. The first-order valence-electron chi connectivity index (χ1n) is 4.35. The number of rotatable bonds is 6. The molecule has 2 unspecified atom stereocenters. The van der Waals surface area contributed by atoms with Crippen molar-refractivity contribution in [1.82, 2.24) is 0 Å². The van der Waals surface area contributed by atoms with Crippen molar-refractivity contribution in [2.45, 2.75) is 45.4 Å². The minimum atomic E-state index is -0.359. The van der Waals surface area contributed by atoms with Crippen LogP contribution in [-0.4, -0.2) is 23.2 Å². The van der Waals surface area contributed by atoms with Crippen molar-refractivity contribution in [2.75, 3.05) is 7.11 Å². The molecule has 0 rings (SSSR count). The van der Waals surface area contributed by atoms with E-state index in [9.17, 15) is 0 Å². The molecule has 0 saturated heterocycles. The van der Waals surface area contributed by atoms with Crippen LogP contribution in [0.25, 0.3) is 0 Å². The van der Waals surface area contributed by atoms with Crippen molar-refractivity contribution in [1.29, 1.82) is 0 Å². The van der Waals surface area contributed by atoms with Crippen LogP contribution in [-0.2, 0) is 9.16 Å². The Bertz CT molecular complexity index is 88.2. The molecule has 68 valence electrons. The molecule has 11 heavy (non-hydrogen) atoms. The van der Waals surface area contributed by atoms with Crippen LogP contribution in [0.5, 0.6) is 0 Å².